The standard InChI is InChI=1S/C21H23N5O2/c22-15-16-4-6-18(7-5-16)24-20(27)10-14-26-12-8-17(9-13-26)21(28)25-19-3-1-2-11-23-19/h1-7,11,17H,8-10,12-14H2,(H,24,27)(H,23,25,28). The lowest BCUT2D eigenvalue weighted by Gasteiger charge is -2.31. The molecule has 0 unspecified atom stereocenters. The molecule has 1 aliphatic heterocycles. The predicted molar refractivity (Wildman–Crippen MR) is 106 cm³/mol. The minimum atomic E-state index is -0.0558. The molecule has 2 aromatic rings. The third-order valence-electron chi connectivity index (χ3n) is 4.83. The molecule has 2 N–H and O–H groups in total. The maximum Gasteiger partial charge on any atom is 0.228 e. The van der Waals surface area contributed by atoms with Crippen LogP contribution in [0.15, 0.2) is 48.7 Å². The van der Waals surface area contributed by atoms with Crippen molar-refractivity contribution >= 4 is 23.3 Å². The molecule has 144 valence electrons. The quantitative estimate of drug-likeness (QED) is 0.806. The fourth-order valence-electron chi connectivity index (χ4n) is 3.19. The van der Waals surface area contributed by atoms with Gasteiger partial charge in [0.2, 0.25) is 11.8 Å². The van der Waals surface area contributed by atoms with E-state index in [2.05, 4.69) is 20.5 Å². The van der Waals surface area contributed by atoms with Crippen LogP contribution in [0.2, 0.25) is 0 Å². The molecule has 3 rings (SSSR count). The van der Waals surface area contributed by atoms with Gasteiger partial charge in [0, 0.05) is 30.8 Å². The van der Waals surface area contributed by atoms with Gasteiger partial charge in [-0.15, -0.1) is 0 Å². The lowest BCUT2D eigenvalue weighted by molar-refractivity contribution is -0.121. The zero-order chi connectivity index (χ0) is 19.8. The number of hydrogen-bond donors (Lipinski definition) is 2. The van der Waals surface area contributed by atoms with Crippen LogP contribution in [-0.2, 0) is 9.59 Å². The molecule has 0 aliphatic carbocycles. The van der Waals surface area contributed by atoms with Crippen molar-refractivity contribution < 1.29 is 9.59 Å². The Bertz CT molecular complexity index is 837. The van der Waals surface area contributed by atoms with E-state index in [1.165, 1.54) is 0 Å². The third-order valence-corrected chi connectivity index (χ3v) is 4.83. The number of carbonyl (C=O) groups excluding carboxylic acids is 2. The number of hydrogen-bond acceptors (Lipinski definition) is 5. The molecule has 2 amide bonds. The zero-order valence-corrected chi connectivity index (χ0v) is 15.6. The van der Waals surface area contributed by atoms with Gasteiger partial charge in [-0.25, -0.2) is 4.98 Å². The summed E-state index contributed by atoms with van der Waals surface area (Å²) in [5, 5.41) is 14.5. The Balaban J connectivity index is 1.37. The summed E-state index contributed by atoms with van der Waals surface area (Å²) < 4.78 is 0. The Morgan fingerprint density at radius 3 is 2.50 bits per heavy atom. The monoisotopic (exact) mass is 377 g/mol. The van der Waals surface area contributed by atoms with Gasteiger partial charge in [0.15, 0.2) is 0 Å². The van der Waals surface area contributed by atoms with E-state index in [4.69, 9.17) is 5.26 Å². The molecule has 1 aromatic heterocycles. The number of carbonyl (C=O) groups is 2. The van der Waals surface area contributed by atoms with Crippen molar-refractivity contribution in [3.63, 3.8) is 0 Å². The number of anilines is 2. The topological polar surface area (TPSA) is 98.1 Å². The number of aromatic nitrogens is 1. The number of piperidine rings is 1. The lowest BCUT2D eigenvalue weighted by atomic mass is 9.96. The highest BCUT2D eigenvalue weighted by atomic mass is 16.2. The van der Waals surface area contributed by atoms with Gasteiger partial charge in [-0.05, 0) is 62.3 Å². The fourth-order valence-corrected chi connectivity index (χ4v) is 3.19. The van der Waals surface area contributed by atoms with E-state index in [0.717, 1.165) is 25.9 Å². The van der Waals surface area contributed by atoms with Crippen LogP contribution in [0, 0.1) is 17.2 Å². The SMILES string of the molecule is N#Cc1ccc(NC(=O)CCN2CCC(C(=O)Nc3ccccn3)CC2)cc1. The van der Waals surface area contributed by atoms with Crippen LogP contribution in [0.3, 0.4) is 0 Å². The number of nitrogens with one attached hydrogen (secondary N) is 2. The molecule has 0 radical (unpaired) electrons. The summed E-state index contributed by atoms with van der Waals surface area (Å²) in [5.74, 6) is 0.511. The average molecular weight is 377 g/mol. The number of pyridine rings is 1. The summed E-state index contributed by atoms with van der Waals surface area (Å²) in [6.07, 6.45) is 3.60. The van der Waals surface area contributed by atoms with Crippen LogP contribution in [0.1, 0.15) is 24.8 Å². The van der Waals surface area contributed by atoms with E-state index in [9.17, 15) is 9.59 Å². The van der Waals surface area contributed by atoms with Crippen LogP contribution < -0.4 is 10.6 Å². The summed E-state index contributed by atoms with van der Waals surface area (Å²) in [6, 6.07) is 14.3. The molecule has 1 saturated heterocycles. The minimum Gasteiger partial charge on any atom is -0.326 e. The Morgan fingerprint density at radius 1 is 1.11 bits per heavy atom. The highest BCUT2D eigenvalue weighted by Gasteiger charge is 2.25. The van der Waals surface area contributed by atoms with Crippen molar-refractivity contribution in [2.24, 2.45) is 5.92 Å². The fraction of sp³-hybridized carbons (Fsp3) is 0.333. The van der Waals surface area contributed by atoms with Crippen LogP contribution in [0.4, 0.5) is 11.5 Å². The first kappa shape index (κ1) is 19.5. The van der Waals surface area contributed by atoms with Crippen molar-refractivity contribution in [3.05, 3.63) is 54.2 Å². The van der Waals surface area contributed by atoms with E-state index < -0.39 is 0 Å². The number of nitriles is 1. The van der Waals surface area contributed by atoms with Crippen LogP contribution in [0.5, 0.6) is 0 Å². The number of benzene rings is 1. The minimum absolute atomic E-state index is 0.0110. The predicted octanol–water partition coefficient (Wildman–Crippen LogP) is 2.63. The van der Waals surface area contributed by atoms with Gasteiger partial charge in [0.25, 0.3) is 0 Å². The highest BCUT2D eigenvalue weighted by molar-refractivity contribution is 5.92. The van der Waals surface area contributed by atoms with E-state index in [-0.39, 0.29) is 17.7 Å². The maximum atomic E-state index is 12.3. The van der Waals surface area contributed by atoms with Crippen molar-refractivity contribution in [2.75, 3.05) is 30.3 Å². The summed E-state index contributed by atoms with van der Waals surface area (Å²) >= 11 is 0. The lowest BCUT2D eigenvalue weighted by Crippen LogP contribution is -2.39. The van der Waals surface area contributed by atoms with Gasteiger partial charge in [-0.1, -0.05) is 6.07 Å². The van der Waals surface area contributed by atoms with Gasteiger partial charge < -0.3 is 15.5 Å². The number of rotatable bonds is 6. The van der Waals surface area contributed by atoms with Gasteiger partial charge in [-0.2, -0.15) is 5.26 Å². The van der Waals surface area contributed by atoms with E-state index in [1.54, 1.807) is 36.5 Å². The summed E-state index contributed by atoms with van der Waals surface area (Å²) in [4.78, 5) is 30.8. The van der Waals surface area contributed by atoms with Crippen LogP contribution >= 0.6 is 0 Å². The van der Waals surface area contributed by atoms with Crippen molar-refractivity contribution in [2.45, 2.75) is 19.3 Å². The first-order valence-corrected chi connectivity index (χ1v) is 9.38. The largest absolute Gasteiger partial charge is 0.326 e. The average Bonchev–Trinajstić information content (AvgIpc) is 2.74. The second kappa shape index (κ2) is 9.62. The molecule has 1 fully saturated rings. The third kappa shape index (κ3) is 5.63. The molecule has 2 heterocycles. The molecular formula is C21H23N5O2. The molecule has 28 heavy (non-hydrogen) atoms. The van der Waals surface area contributed by atoms with Gasteiger partial charge in [0.05, 0.1) is 11.6 Å². The molecule has 0 spiro atoms. The van der Waals surface area contributed by atoms with Gasteiger partial charge in [-0.3, -0.25) is 9.59 Å². The molecule has 0 atom stereocenters. The molecule has 1 aromatic carbocycles. The Morgan fingerprint density at radius 2 is 1.86 bits per heavy atom. The molecule has 7 heteroatoms. The molecule has 7 nitrogen and oxygen atoms in total. The highest BCUT2D eigenvalue weighted by Crippen LogP contribution is 2.19. The van der Waals surface area contributed by atoms with E-state index >= 15 is 0 Å². The molecule has 1 aliphatic rings. The molecular weight excluding hydrogens is 354 g/mol. The number of likely N-dealkylation sites (tertiary alicyclic amines) is 1. The first-order valence-electron chi connectivity index (χ1n) is 9.38. The summed E-state index contributed by atoms with van der Waals surface area (Å²) in [5.41, 5.74) is 1.25. The van der Waals surface area contributed by atoms with Gasteiger partial charge >= 0.3 is 0 Å². The van der Waals surface area contributed by atoms with E-state index in [1.807, 2.05) is 18.2 Å². The smallest absolute Gasteiger partial charge is 0.228 e. The van der Waals surface area contributed by atoms with Crippen molar-refractivity contribution in [1.29, 1.82) is 5.26 Å². The normalized spacial score (nSPS) is 14.8. The summed E-state index contributed by atoms with van der Waals surface area (Å²) in [7, 11) is 0. The molecule has 0 saturated carbocycles. The Hall–Kier alpha value is -3.24. The Kier molecular flexibility index (Phi) is 6.71. The first-order chi connectivity index (χ1) is 13.6. The number of amides is 2. The zero-order valence-electron chi connectivity index (χ0n) is 15.6. The van der Waals surface area contributed by atoms with Crippen LogP contribution in [-0.4, -0.2) is 41.3 Å². The summed E-state index contributed by atoms with van der Waals surface area (Å²) in [6.45, 7) is 2.26. The second-order valence-electron chi connectivity index (χ2n) is 6.81. The van der Waals surface area contributed by atoms with Crippen LogP contribution in [0.25, 0.3) is 0 Å². The second-order valence-corrected chi connectivity index (χ2v) is 6.81. The van der Waals surface area contributed by atoms with E-state index in [0.29, 0.717) is 30.0 Å². The Labute approximate surface area is 164 Å². The van der Waals surface area contributed by atoms with Gasteiger partial charge in [0.1, 0.15) is 5.82 Å². The van der Waals surface area contributed by atoms with Crippen molar-refractivity contribution in [3.8, 4) is 6.07 Å². The van der Waals surface area contributed by atoms with Crippen molar-refractivity contribution in [1.82, 2.24) is 9.88 Å². The maximum absolute atomic E-state index is 12.3. The number of nitrogens with zero attached hydrogens (tertiary/aromatic N) is 3. The molecule has 0 bridgehead atoms.